The van der Waals surface area contributed by atoms with Crippen molar-refractivity contribution in [2.75, 3.05) is 13.2 Å². The van der Waals surface area contributed by atoms with Crippen LogP contribution < -0.4 is 10.6 Å². The van der Waals surface area contributed by atoms with Crippen molar-refractivity contribution >= 4 is 18.0 Å². The highest BCUT2D eigenvalue weighted by Crippen LogP contribution is 2.44. The molecular formula is C27H32N2O5. The zero-order valence-electron chi connectivity index (χ0n) is 19.5. The summed E-state index contributed by atoms with van der Waals surface area (Å²) < 4.78 is 5.54. The molecule has 3 atom stereocenters. The maximum atomic E-state index is 12.3. The number of amides is 2. The Balaban J connectivity index is 1.19. The van der Waals surface area contributed by atoms with Gasteiger partial charge in [-0.2, -0.15) is 0 Å². The van der Waals surface area contributed by atoms with E-state index in [-0.39, 0.29) is 30.4 Å². The number of carboxylic acid groups (broad SMARTS) is 1. The summed E-state index contributed by atoms with van der Waals surface area (Å²) in [5.41, 5.74) is 4.71. The molecule has 7 heteroatoms. The number of ether oxygens (including phenoxy) is 1. The summed E-state index contributed by atoms with van der Waals surface area (Å²) in [5, 5.41) is 14.9. The minimum absolute atomic E-state index is 0.0194. The topological polar surface area (TPSA) is 105 Å². The van der Waals surface area contributed by atoms with Crippen molar-refractivity contribution < 1.29 is 24.2 Å². The Morgan fingerprint density at radius 3 is 2.32 bits per heavy atom. The zero-order valence-corrected chi connectivity index (χ0v) is 19.5. The second-order valence-corrected chi connectivity index (χ2v) is 9.40. The molecule has 2 amide bonds. The summed E-state index contributed by atoms with van der Waals surface area (Å²) >= 11 is 0. The van der Waals surface area contributed by atoms with Crippen molar-refractivity contribution in [2.45, 2.75) is 51.0 Å². The maximum absolute atomic E-state index is 12.3. The van der Waals surface area contributed by atoms with Gasteiger partial charge in [0.2, 0.25) is 5.91 Å². The third-order valence-corrected chi connectivity index (χ3v) is 6.96. The molecular weight excluding hydrogens is 432 g/mol. The van der Waals surface area contributed by atoms with E-state index in [2.05, 4.69) is 34.9 Å². The molecule has 2 aromatic rings. The van der Waals surface area contributed by atoms with Crippen LogP contribution in [-0.4, -0.2) is 42.3 Å². The van der Waals surface area contributed by atoms with E-state index in [4.69, 9.17) is 4.74 Å². The van der Waals surface area contributed by atoms with E-state index in [1.807, 2.05) is 31.2 Å². The van der Waals surface area contributed by atoms with Crippen molar-refractivity contribution in [3.05, 3.63) is 59.7 Å². The summed E-state index contributed by atoms with van der Waals surface area (Å²) in [4.78, 5) is 35.9. The molecule has 0 aromatic heterocycles. The van der Waals surface area contributed by atoms with Crippen LogP contribution in [0.5, 0.6) is 0 Å². The first-order valence-corrected chi connectivity index (χ1v) is 12.0. The van der Waals surface area contributed by atoms with Gasteiger partial charge in [0.25, 0.3) is 0 Å². The molecule has 0 radical (unpaired) electrons. The second-order valence-electron chi connectivity index (χ2n) is 9.40. The Kier molecular flexibility index (Phi) is 7.50. The number of aliphatic carboxylic acids is 1. The molecule has 0 aliphatic heterocycles. The molecule has 3 N–H and O–H groups in total. The second kappa shape index (κ2) is 10.7. The number of carbonyl (C=O) groups excluding carboxylic acids is 2. The molecule has 2 aromatic carbocycles. The van der Waals surface area contributed by atoms with Crippen LogP contribution in [0.2, 0.25) is 0 Å². The van der Waals surface area contributed by atoms with Crippen LogP contribution in [-0.2, 0) is 14.3 Å². The fourth-order valence-corrected chi connectivity index (χ4v) is 5.18. The minimum atomic E-state index is -0.844. The van der Waals surface area contributed by atoms with Gasteiger partial charge in [0.1, 0.15) is 6.61 Å². The molecule has 1 fully saturated rings. The summed E-state index contributed by atoms with van der Waals surface area (Å²) in [6.07, 6.45) is 2.61. The largest absolute Gasteiger partial charge is 0.481 e. The smallest absolute Gasteiger partial charge is 0.407 e. The van der Waals surface area contributed by atoms with Gasteiger partial charge in [0.15, 0.2) is 0 Å². The van der Waals surface area contributed by atoms with Gasteiger partial charge < -0.3 is 20.5 Å². The van der Waals surface area contributed by atoms with Crippen LogP contribution in [0.4, 0.5) is 4.79 Å². The zero-order chi connectivity index (χ0) is 24.1. The number of hydrogen-bond acceptors (Lipinski definition) is 4. The molecule has 0 bridgehead atoms. The van der Waals surface area contributed by atoms with E-state index in [1.54, 1.807) is 0 Å². The SMILES string of the molecule is CC(CCNC(=O)OCC1c2ccccc2-c2ccccc21)CC(=O)N[C@@H]1CCC[C@@H]1C(=O)O. The fraction of sp³-hybridized carbons (Fsp3) is 0.444. The summed E-state index contributed by atoms with van der Waals surface area (Å²) in [6, 6.07) is 16.1. The summed E-state index contributed by atoms with van der Waals surface area (Å²) in [7, 11) is 0. The first kappa shape index (κ1) is 23.8. The Morgan fingerprint density at radius 2 is 1.68 bits per heavy atom. The van der Waals surface area contributed by atoms with Gasteiger partial charge in [-0.3, -0.25) is 9.59 Å². The van der Waals surface area contributed by atoms with E-state index in [0.29, 0.717) is 32.2 Å². The highest BCUT2D eigenvalue weighted by Gasteiger charge is 2.34. The quantitative estimate of drug-likeness (QED) is 0.513. The highest BCUT2D eigenvalue weighted by molar-refractivity contribution is 5.79. The number of benzene rings is 2. The van der Waals surface area contributed by atoms with Crippen LogP contribution in [0.15, 0.2) is 48.5 Å². The van der Waals surface area contributed by atoms with Gasteiger partial charge >= 0.3 is 12.1 Å². The lowest BCUT2D eigenvalue weighted by Crippen LogP contribution is -2.40. The molecule has 1 saturated carbocycles. The number of alkyl carbamates (subject to hydrolysis) is 1. The third-order valence-electron chi connectivity index (χ3n) is 6.96. The molecule has 1 unspecified atom stereocenters. The van der Waals surface area contributed by atoms with E-state index >= 15 is 0 Å². The van der Waals surface area contributed by atoms with Crippen LogP contribution in [0.1, 0.15) is 56.1 Å². The lowest BCUT2D eigenvalue weighted by Gasteiger charge is -2.19. The molecule has 4 rings (SSSR count). The molecule has 0 spiro atoms. The average molecular weight is 465 g/mol. The average Bonchev–Trinajstić information content (AvgIpc) is 3.40. The number of fused-ring (bicyclic) bond motifs is 3. The van der Waals surface area contributed by atoms with Crippen LogP contribution in [0.3, 0.4) is 0 Å². The first-order chi connectivity index (χ1) is 16.4. The number of nitrogens with one attached hydrogen (secondary N) is 2. The molecule has 7 nitrogen and oxygen atoms in total. The van der Waals surface area contributed by atoms with Gasteiger partial charge in [0.05, 0.1) is 5.92 Å². The summed E-state index contributed by atoms with van der Waals surface area (Å²) in [6.45, 7) is 2.62. The molecule has 34 heavy (non-hydrogen) atoms. The van der Waals surface area contributed by atoms with Crippen LogP contribution >= 0.6 is 0 Å². The summed E-state index contributed by atoms with van der Waals surface area (Å²) in [5.74, 6) is -1.39. The maximum Gasteiger partial charge on any atom is 0.407 e. The fourth-order valence-electron chi connectivity index (χ4n) is 5.18. The molecule has 180 valence electrons. The number of carboxylic acids is 1. The monoisotopic (exact) mass is 464 g/mol. The van der Waals surface area contributed by atoms with Crippen molar-refractivity contribution in [2.24, 2.45) is 11.8 Å². The van der Waals surface area contributed by atoms with Crippen LogP contribution in [0.25, 0.3) is 11.1 Å². The molecule has 0 heterocycles. The first-order valence-electron chi connectivity index (χ1n) is 12.0. The van der Waals surface area contributed by atoms with E-state index in [9.17, 15) is 19.5 Å². The van der Waals surface area contributed by atoms with Crippen molar-refractivity contribution in [3.63, 3.8) is 0 Å². The Hall–Kier alpha value is -3.35. The minimum Gasteiger partial charge on any atom is -0.481 e. The standard InChI is InChI=1S/C27H32N2O5/c1-17(15-25(30)29-24-12-6-11-22(24)26(31)32)13-14-28-27(33)34-16-23-20-9-4-2-7-18(20)19-8-3-5-10-21(19)23/h2-5,7-10,17,22-24H,6,11-16H2,1H3,(H,28,33)(H,29,30)(H,31,32)/t17?,22-,24+/m0/s1. The van der Waals surface area contributed by atoms with Gasteiger partial charge in [-0.25, -0.2) is 4.79 Å². The lowest BCUT2D eigenvalue weighted by molar-refractivity contribution is -0.142. The lowest BCUT2D eigenvalue weighted by atomic mass is 9.98. The highest BCUT2D eigenvalue weighted by atomic mass is 16.5. The molecule has 2 aliphatic carbocycles. The number of rotatable bonds is 9. The van der Waals surface area contributed by atoms with Crippen molar-refractivity contribution in [1.29, 1.82) is 0 Å². The Morgan fingerprint density at radius 1 is 1.03 bits per heavy atom. The van der Waals surface area contributed by atoms with E-state index < -0.39 is 18.0 Å². The third kappa shape index (κ3) is 5.41. The van der Waals surface area contributed by atoms with E-state index in [1.165, 1.54) is 22.3 Å². The number of hydrogen-bond donors (Lipinski definition) is 3. The van der Waals surface area contributed by atoms with Gasteiger partial charge in [-0.1, -0.05) is 61.9 Å². The molecule has 0 saturated heterocycles. The predicted octanol–water partition coefficient (Wildman–Crippen LogP) is 4.31. The molecule has 2 aliphatic rings. The van der Waals surface area contributed by atoms with Gasteiger partial charge in [-0.05, 0) is 47.4 Å². The normalized spacial score (nSPS) is 19.7. The Bertz CT molecular complexity index is 1010. The predicted molar refractivity (Wildman–Crippen MR) is 128 cm³/mol. The van der Waals surface area contributed by atoms with E-state index in [0.717, 1.165) is 6.42 Å². The van der Waals surface area contributed by atoms with Crippen LogP contribution in [0, 0.1) is 11.8 Å². The van der Waals surface area contributed by atoms with Crippen molar-refractivity contribution in [1.82, 2.24) is 10.6 Å². The van der Waals surface area contributed by atoms with Gasteiger partial charge in [-0.15, -0.1) is 0 Å². The van der Waals surface area contributed by atoms with Crippen molar-refractivity contribution in [3.8, 4) is 11.1 Å². The number of carbonyl (C=O) groups is 3. The van der Waals surface area contributed by atoms with Gasteiger partial charge in [0, 0.05) is 24.9 Å². The Labute approximate surface area is 199 Å².